The Morgan fingerprint density at radius 3 is 2.41 bits per heavy atom. The van der Waals surface area contributed by atoms with Crippen LogP contribution in [0.1, 0.15) is 40.0 Å². The van der Waals surface area contributed by atoms with E-state index in [0.717, 1.165) is 32.4 Å². The highest BCUT2D eigenvalue weighted by Crippen LogP contribution is 2.20. The van der Waals surface area contributed by atoms with Gasteiger partial charge in [0.15, 0.2) is 0 Å². The highest BCUT2D eigenvalue weighted by molar-refractivity contribution is 5.99. The van der Waals surface area contributed by atoms with Crippen LogP contribution in [0, 0.1) is 0 Å². The van der Waals surface area contributed by atoms with Crippen LogP contribution in [0.5, 0.6) is 5.75 Å². The van der Waals surface area contributed by atoms with Gasteiger partial charge in [-0.3, -0.25) is 20.4 Å². The molecule has 142 valence electrons. The van der Waals surface area contributed by atoms with Crippen LogP contribution in [0.2, 0.25) is 0 Å². The van der Waals surface area contributed by atoms with Crippen LogP contribution in [0.4, 0.5) is 0 Å². The maximum absolute atomic E-state index is 12.3. The van der Waals surface area contributed by atoms with Crippen molar-refractivity contribution >= 4 is 11.8 Å². The van der Waals surface area contributed by atoms with E-state index in [4.69, 9.17) is 4.74 Å². The summed E-state index contributed by atoms with van der Waals surface area (Å²) >= 11 is 0. The summed E-state index contributed by atoms with van der Waals surface area (Å²) in [5.74, 6) is -0.0733. The minimum Gasteiger partial charge on any atom is -0.490 e. The minimum absolute atomic E-state index is 0.158. The Bertz CT molecular complexity index is 779. The molecule has 1 atom stereocenters. The number of carbonyl (C=O) groups excluding carboxylic acids is 2. The van der Waals surface area contributed by atoms with Crippen LogP contribution in [-0.2, 0) is 0 Å². The molecular formula is C21H25N3O3. The lowest BCUT2D eigenvalue weighted by Gasteiger charge is -2.18. The molecule has 3 rings (SSSR count). The molecule has 0 bridgehead atoms. The van der Waals surface area contributed by atoms with Gasteiger partial charge in [0, 0.05) is 17.7 Å². The first-order valence-corrected chi connectivity index (χ1v) is 9.23. The lowest BCUT2D eigenvalue weighted by Crippen LogP contribution is -2.41. The van der Waals surface area contributed by atoms with Crippen molar-refractivity contribution in [2.24, 2.45) is 0 Å². The Balaban J connectivity index is 1.56. The van der Waals surface area contributed by atoms with Gasteiger partial charge >= 0.3 is 0 Å². The Morgan fingerprint density at radius 1 is 0.926 bits per heavy atom. The number of benzene rings is 2. The fourth-order valence-electron chi connectivity index (χ4n) is 3.08. The third-order valence-corrected chi connectivity index (χ3v) is 4.62. The first kappa shape index (κ1) is 18.9. The molecule has 1 aliphatic heterocycles. The molecule has 2 N–H and O–H groups in total. The molecular weight excluding hydrogens is 342 g/mol. The first-order valence-electron chi connectivity index (χ1n) is 9.23. The smallest absolute Gasteiger partial charge is 0.269 e. The maximum atomic E-state index is 12.3. The number of amides is 2. The number of hydrogen-bond donors (Lipinski definition) is 2. The molecule has 1 saturated heterocycles. The van der Waals surface area contributed by atoms with Crippen LogP contribution in [0.25, 0.3) is 0 Å². The summed E-state index contributed by atoms with van der Waals surface area (Å²) in [5, 5.41) is 0. The second kappa shape index (κ2) is 9.19. The predicted molar refractivity (Wildman–Crippen MR) is 104 cm³/mol. The quantitative estimate of drug-likeness (QED) is 0.815. The monoisotopic (exact) mass is 367 g/mol. The lowest BCUT2D eigenvalue weighted by atomic mass is 10.1. The summed E-state index contributed by atoms with van der Waals surface area (Å²) in [6, 6.07) is 15.8. The molecule has 1 unspecified atom stereocenters. The highest BCUT2D eigenvalue weighted by atomic mass is 16.5. The zero-order valence-electron chi connectivity index (χ0n) is 15.5. The van der Waals surface area contributed by atoms with E-state index in [0.29, 0.717) is 16.9 Å². The number of likely N-dealkylation sites (tertiary alicyclic amines) is 1. The summed E-state index contributed by atoms with van der Waals surface area (Å²) in [5.41, 5.74) is 5.79. The number of nitrogens with zero attached hydrogens (tertiary/aromatic N) is 1. The van der Waals surface area contributed by atoms with E-state index in [-0.39, 0.29) is 17.9 Å². The maximum Gasteiger partial charge on any atom is 0.269 e. The summed E-state index contributed by atoms with van der Waals surface area (Å²) < 4.78 is 6.08. The fourth-order valence-corrected chi connectivity index (χ4v) is 3.08. The average Bonchev–Trinajstić information content (AvgIpc) is 2.91. The van der Waals surface area contributed by atoms with Gasteiger partial charge in [0.25, 0.3) is 11.8 Å². The van der Waals surface area contributed by atoms with Crippen LogP contribution in [-0.4, -0.2) is 43.0 Å². The third-order valence-electron chi connectivity index (χ3n) is 4.62. The summed E-state index contributed by atoms with van der Waals surface area (Å²) in [7, 11) is 2.12. The van der Waals surface area contributed by atoms with Crippen molar-refractivity contribution in [3.05, 3.63) is 65.7 Å². The lowest BCUT2D eigenvalue weighted by molar-refractivity contribution is 0.0846. The number of nitrogens with one attached hydrogen (secondary N) is 2. The number of hydrazine groups is 1. The minimum atomic E-state index is -0.384. The molecule has 27 heavy (non-hydrogen) atoms. The first-order chi connectivity index (χ1) is 13.1. The summed E-state index contributed by atoms with van der Waals surface area (Å²) in [6.45, 7) is 2.10. The molecule has 6 nitrogen and oxygen atoms in total. The van der Waals surface area contributed by atoms with E-state index < -0.39 is 0 Å². The van der Waals surface area contributed by atoms with Gasteiger partial charge < -0.3 is 9.64 Å². The van der Waals surface area contributed by atoms with E-state index in [1.165, 1.54) is 0 Å². The van der Waals surface area contributed by atoms with E-state index in [1.807, 2.05) is 12.1 Å². The largest absolute Gasteiger partial charge is 0.490 e. The molecule has 0 aromatic heterocycles. The zero-order valence-corrected chi connectivity index (χ0v) is 15.5. The van der Waals surface area contributed by atoms with Crippen LogP contribution in [0.15, 0.2) is 54.6 Å². The molecule has 1 fully saturated rings. The van der Waals surface area contributed by atoms with Crippen molar-refractivity contribution in [2.75, 3.05) is 20.1 Å². The normalized spacial score (nSPS) is 17.6. The van der Waals surface area contributed by atoms with Gasteiger partial charge in [-0.25, -0.2) is 0 Å². The van der Waals surface area contributed by atoms with Gasteiger partial charge in [0.05, 0.1) is 6.10 Å². The Hall–Kier alpha value is -2.86. The standard InChI is InChI=1S/C21H25N3O3/c1-24-13-6-11-18(12-14-24)27-19-10-5-9-17(15-19)21(26)23-22-20(25)16-7-3-2-4-8-16/h2-5,7-10,15,18H,6,11-14H2,1H3,(H,22,25)(H,23,26). The van der Waals surface area contributed by atoms with Gasteiger partial charge in [0.2, 0.25) is 0 Å². The van der Waals surface area contributed by atoms with Crippen molar-refractivity contribution in [2.45, 2.75) is 25.4 Å². The number of rotatable bonds is 4. The Labute approximate surface area is 159 Å². The molecule has 0 saturated carbocycles. The summed E-state index contributed by atoms with van der Waals surface area (Å²) in [6.07, 6.45) is 3.24. The van der Waals surface area contributed by atoms with E-state index in [1.54, 1.807) is 42.5 Å². The molecule has 0 aliphatic carbocycles. The molecule has 0 spiro atoms. The predicted octanol–water partition coefficient (Wildman–Crippen LogP) is 2.62. The van der Waals surface area contributed by atoms with Gasteiger partial charge in [-0.05, 0) is 63.2 Å². The van der Waals surface area contributed by atoms with Crippen LogP contribution >= 0.6 is 0 Å². The van der Waals surface area contributed by atoms with Crippen molar-refractivity contribution in [1.29, 1.82) is 0 Å². The Kier molecular flexibility index (Phi) is 6.44. The number of hydrogen-bond acceptors (Lipinski definition) is 4. The highest BCUT2D eigenvalue weighted by Gasteiger charge is 2.17. The number of carbonyl (C=O) groups is 2. The molecule has 0 radical (unpaired) electrons. The molecule has 1 aliphatic rings. The van der Waals surface area contributed by atoms with E-state index in [9.17, 15) is 9.59 Å². The Morgan fingerprint density at radius 2 is 1.63 bits per heavy atom. The van der Waals surface area contributed by atoms with Crippen molar-refractivity contribution in [1.82, 2.24) is 15.8 Å². The van der Waals surface area contributed by atoms with Gasteiger partial charge in [-0.2, -0.15) is 0 Å². The van der Waals surface area contributed by atoms with Gasteiger partial charge in [-0.1, -0.05) is 24.3 Å². The van der Waals surface area contributed by atoms with Gasteiger partial charge in [0.1, 0.15) is 5.75 Å². The summed E-state index contributed by atoms with van der Waals surface area (Å²) in [4.78, 5) is 26.7. The van der Waals surface area contributed by atoms with Crippen LogP contribution in [0.3, 0.4) is 0 Å². The number of ether oxygens (including phenoxy) is 1. The van der Waals surface area contributed by atoms with Crippen molar-refractivity contribution in [3.63, 3.8) is 0 Å². The second-order valence-corrected chi connectivity index (χ2v) is 6.78. The fraction of sp³-hybridized carbons (Fsp3) is 0.333. The third kappa shape index (κ3) is 5.56. The molecule has 2 aromatic rings. The molecule has 2 amide bonds. The van der Waals surface area contributed by atoms with E-state index in [2.05, 4.69) is 22.8 Å². The second-order valence-electron chi connectivity index (χ2n) is 6.78. The molecule has 2 aromatic carbocycles. The molecule has 6 heteroatoms. The zero-order chi connectivity index (χ0) is 19.1. The van der Waals surface area contributed by atoms with Gasteiger partial charge in [-0.15, -0.1) is 0 Å². The van der Waals surface area contributed by atoms with Crippen molar-refractivity contribution in [3.8, 4) is 5.75 Å². The topological polar surface area (TPSA) is 70.7 Å². The molecule has 1 heterocycles. The van der Waals surface area contributed by atoms with E-state index >= 15 is 0 Å². The average molecular weight is 367 g/mol. The SMILES string of the molecule is CN1CCCC(Oc2cccc(C(=O)NNC(=O)c3ccccc3)c2)CC1. The van der Waals surface area contributed by atoms with Crippen LogP contribution < -0.4 is 15.6 Å². The van der Waals surface area contributed by atoms with Crippen molar-refractivity contribution < 1.29 is 14.3 Å².